The van der Waals surface area contributed by atoms with E-state index in [0.29, 0.717) is 17.1 Å². The highest BCUT2D eigenvalue weighted by molar-refractivity contribution is 6.29. The SMILES string of the molecule is COC(=O)C(Cl)c1ccc(OC)c(OC)c1. The zero-order valence-corrected chi connectivity index (χ0v) is 10.1. The van der Waals surface area contributed by atoms with Gasteiger partial charge >= 0.3 is 5.97 Å². The number of carbonyl (C=O) groups excluding carboxylic acids is 1. The third kappa shape index (κ3) is 2.58. The largest absolute Gasteiger partial charge is 0.493 e. The van der Waals surface area contributed by atoms with E-state index in [9.17, 15) is 4.79 Å². The van der Waals surface area contributed by atoms with E-state index in [1.165, 1.54) is 21.3 Å². The molecule has 0 aliphatic rings. The fourth-order valence-electron chi connectivity index (χ4n) is 1.25. The van der Waals surface area contributed by atoms with Gasteiger partial charge in [-0.15, -0.1) is 11.6 Å². The van der Waals surface area contributed by atoms with Crippen molar-refractivity contribution in [2.75, 3.05) is 21.3 Å². The standard InChI is InChI=1S/C11H13ClO4/c1-14-8-5-4-7(6-9(8)15-2)10(12)11(13)16-3/h4-6,10H,1-3H3. The van der Waals surface area contributed by atoms with Crippen molar-refractivity contribution in [2.24, 2.45) is 0 Å². The fraction of sp³-hybridized carbons (Fsp3) is 0.364. The molecule has 4 nitrogen and oxygen atoms in total. The van der Waals surface area contributed by atoms with E-state index in [-0.39, 0.29) is 0 Å². The number of ether oxygens (including phenoxy) is 3. The molecule has 0 spiro atoms. The fourth-order valence-corrected chi connectivity index (χ4v) is 1.47. The van der Waals surface area contributed by atoms with Gasteiger partial charge in [-0.1, -0.05) is 6.07 Å². The quantitative estimate of drug-likeness (QED) is 0.601. The summed E-state index contributed by atoms with van der Waals surface area (Å²) >= 11 is 5.91. The Balaban J connectivity index is 3.03. The summed E-state index contributed by atoms with van der Waals surface area (Å²) in [5.74, 6) is 0.600. The smallest absolute Gasteiger partial charge is 0.328 e. The lowest BCUT2D eigenvalue weighted by molar-refractivity contribution is -0.140. The number of hydrogen-bond acceptors (Lipinski definition) is 4. The van der Waals surface area contributed by atoms with Crippen LogP contribution in [0.15, 0.2) is 18.2 Å². The number of alkyl halides is 1. The Labute approximate surface area is 99.1 Å². The maximum absolute atomic E-state index is 11.2. The Morgan fingerprint density at radius 1 is 1.19 bits per heavy atom. The summed E-state index contributed by atoms with van der Waals surface area (Å²) in [5, 5.41) is -0.843. The van der Waals surface area contributed by atoms with E-state index in [4.69, 9.17) is 21.1 Å². The van der Waals surface area contributed by atoms with Gasteiger partial charge in [-0.3, -0.25) is 4.79 Å². The molecule has 88 valence electrons. The van der Waals surface area contributed by atoms with Crippen LogP contribution in [0.25, 0.3) is 0 Å². The van der Waals surface area contributed by atoms with Gasteiger partial charge in [0.25, 0.3) is 0 Å². The highest BCUT2D eigenvalue weighted by Crippen LogP contribution is 2.32. The Bertz CT molecular complexity index is 378. The molecule has 1 atom stereocenters. The van der Waals surface area contributed by atoms with E-state index in [2.05, 4.69) is 4.74 Å². The Hall–Kier alpha value is -1.42. The van der Waals surface area contributed by atoms with Crippen LogP contribution in [-0.4, -0.2) is 27.3 Å². The minimum absolute atomic E-state index is 0.506. The van der Waals surface area contributed by atoms with Crippen molar-refractivity contribution in [3.8, 4) is 11.5 Å². The Morgan fingerprint density at radius 3 is 2.31 bits per heavy atom. The van der Waals surface area contributed by atoms with Gasteiger partial charge in [-0.25, -0.2) is 0 Å². The third-order valence-electron chi connectivity index (χ3n) is 2.11. The zero-order chi connectivity index (χ0) is 12.1. The summed E-state index contributed by atoms with van der Waals surface area (Å²) in [5.41, 5.74) is 0.603. The van der Waals surface area contributed by atoms with Crippen LogP contribution in [0.1, 0.15) is 10.9 Å². The van der Waals surface area contributed by atoms with Crippen molar-refractivity contribution in [3.63, 3.8) is 0 Å². The molecule has 0 amide bonds. The van der Waals surface area contributed by atoms with Crippen molar-refractivity contribution >= 4 is 17.6 Å². The molecular formula is C11H13ClO4. The second-order valence-electron chi connectivity index (χ2n) is 3.00. The van der Waals surface area contributed by atoms with Crippen LogP contribution < -0.4 is 9.47 Å². The normalized spacial score (nSPS) is 11.8. The zero-order valence-electron chi connectivity index (χ0n) is 9.32. The summed E-state index contributed by atoms with van der Waals surface area (Å²) in [6.45, 7) is 0. The predicted octanol–water partition coefficient (Wildman–Crippen LogP) is 2.16. The van der Waals surface area contributed by atoms with Gasteiger partial charge in [0.15, 0.2) is 16.9 Å². The minimum atomic E-state index is -0.843. The maximum Gasteiger partial charge on any atom is 0.328 e. The van der Waals surface area contributed by atoms with Crippen molar-refractivity contribution in [2.45, 2.75) is 5.38 Å². The van der Waals surface area contributed by atoms with Gasteiger partial charge in [0.05, 0.1) is 21.3 Å². The molecule has 0 aromatic heterocycles. The molecule has 1 rings (SSSR count). The number of carbonyl (C=O) groups is 1. The molecule has 0 aliphatic carbocycles. The molecule has 1 aromatic rings. The summed E-state index contributed by atoms with van der Waals surface area (Å²) in [4.78, 5) is 11.2. The van der Waals surface area contributed by atoms with E-state index in [0.717, 1.165) is 0 Å². The van der Waals surface area contributed by atoms with Crippen LogP contribution in [0.4, 0.5) is 0 Å². The predicted molar refractivity (Wildman–Crippen MR) is 60.2 cm³/mol. The van der Waals surface area contributed by atoms with Crippen molar-refractivity contribution in [1.29, 1.82) is 0 Å². The molecule has 0 aliphatic heterocycles. The van der Waals surface area contributed by atoms with Gasteiger partial charge in [-0.2, -0.15) is 0 Å². The summed E-state index contributed by atoms with van der Waals surface area (Å²) < 4.78 is 14.7. The topological polar surface area (TPSA) is 44.8 Å². The lowest BCUT2D eigenvalue weighted by Gasteiger charge is -2.11. The molecule has 1 aromatic carbocycles. The van der Waals surface area contributed by atoms with Gasteiger partial charge < -0.3 is 14.2 Å². The van der Waals surface area contributed by atoms with Gasteiger partial charge in [0.2, 0.25) is 0 Å². The molecule has 0 N–H and O–H groups in total. The monoisotopic (exact) mass is 244 g/mol. The Morgan fingerprint density at radius 2 is 1.81 bits per heavy atom. The summed E-state index contributed by atoms with van der Waals surface area (Å²) in [6.07, 6.45) is 0. The molecule has 16 heavy (non-hydrogen) atoms. The van der Waals surface area contributed by atoms with Gasteiger partial charge in [0, 0.05) is 0 Å². The van der Waals surface area contributed by atoms with E-state index < -0.39 is 11.3 Å². The van der Waals surface area contributed by atoms with Crippen LogP contribution in [0.3, 0.4) is 0 Å². The molecule has 0 heterocycles. The summed E-state index contributed by atoms with van der Waals surface area (Å²) in [7, 11) is 4.34. The average Bonchev–Trinajstić information content (AvgIpc) is 2.35. The van der Waals surface area contributed by atoms with Crippen LogP contribution in [-0.2, 0) is 9.53 Å². The van der Waals surface area contributed by atoms with Gasteiger partial charge in [-0.05, 0) is 17.7 Å². The van der Waals surface area contributed by atoms with Crippen molar-refractivity contribution < 1.29 is 19.0 Å². The average molecular weight is 245 g/mol. The molecular weight excluding hydrogens is 232 g/mol. The first-order valence-electron chi connectivity index (χ1n) is 4.57. The van der Waals surface area contributed by atoms with Crippen LogP contribution >= 0.6 is 11.6 Å². The number of rotatable bonds is 4. The first-order valence-corrected chi connectivity index (χ1v) is 5.01. The van der Waals surface area contributed by atoms with E-state index in [1.54, 1.807) is 18.2 Å². The van der Waals surface area contributed by atoms with Crippen LogP contribution in [0, 0.1) is 0 Å². The molecule has 1 unspecified atom stereocenters. The van der Waals surface area contributed by atoms with Crippen molar-refractivity contribution in [3.05, 3.63) is 23.8 Å². The van der Waals surface area contributed by atoms with E-state index in [1.807, 2.05) is 0 Å². The van der Waals surface area contributed by atoms with Crippen LogP contribution in [0.5, 0.6) is 11.5 Å². The number of halogens is 1. The molecule has 0 bridgehead atoms. The lowest BCUT2D eigenvalue weighted by Crippen LogP contribution is -2.08. The van der Waals surface area contributed by atoms with E-state index >= 15 is 0 Å². The lowest BCUT2D eigenvalue weighted by atomic mass is 10.1. The number of esters is 1. The molecule has 0 saturated carbocycles. The first-order chi connectivity index (χ1) is 7.63. The highest BCUT2D eigenvalue weighted by atomic mass is 35.5. The second-order valence-corrected chi connectivity index (χ2v) is 3.44. The number of hydrogen-bond donors (Lipinski definition) is 0. The van der Waals surface area contributed by atoms with Crippen molar-refractivity contribution in [1.82, 2.24) is 0 Å². The van der Waals surface area contributed by atoms with Crippen LogP contribution in [0.2, 0.25) is 0 Å². The molecule has 0 radical (unpaired) electrons. The summed E-state index contributed by atoms with van der Waals surface area (Å²) in [6, 6.07) is 5.02. The molecule has 5 heteroatoms. The first kappa shape index (κ1) is 12.6. The Kier molecular flexibility index (Phi) is 4.43. The second kappa shape index (κ2) is 5.61. The molecule has 0 saturated heterocycles. The number of methoxy groups -OCH3 is 3. The maximum atomic E-state index is 11.2. The molecule has 0 fully saturated rings. The number of benzene rings is 1. The minimum Gasteiger partial charge on any atom is -0.493 e. The third-order valence-corrected chi connectivity index (χ3v) is 2.54. The highest BCUT2D eigenvalue weighted by Gasteiger charge is 2.19. The van der Waals surface area contributed by atoms with Gasteiger partial charge in [0.1, 0.15) is 0 Å².